The van der Waals surface area contributed by atoms with Crippen molar-refractivity contribution in [3.63, 3.8) is 0 Å². The topological polar surface area (TPSA) is 47.6 Å². The lowest BCUT2D eigenvalue weighted by molar-refractivity contribution is -0.116. The first kappa shape index (κ1) is 16.1. The number of carbonyl (C=O) groups is 1. The molecular formula is C16H23NO3. The highest BCUT2D eigenvalue weighted by Gasteiger charge is 2.13. The van der Waals surface area contributed by atoms with Gasteiger partial charge in [0.2, 0.25) is 12.7 Å². The Morgan fingerprint density at radius 1 is 1.45 bits per heavy atom. The maximum absolute atomic E-state index is 11.4. The van der Waals surface area contributed by atoms with E-state index in [1.807, 2.05) is 12.2 Å². The van der Waals surface area contributed by atoms with Crippen LogP contribution < -0.4 is 5.32 Å². The number of amides is 1. The summed E-state index contributed by atoms with van der Waals surface area (Å²) in [6.07, 6.45) is 6.75. The van der Waals surface area contributed by atoms with Crippen LogP contribution in [-0.4, -0.2) is 19.2 Å². The van der Waals surface area contributed by atoms with E-state index in [1.165, 1.54) is 0 Å². The number of carbonyl (C=O) groups excluding carboxylic acids is 1. The number of hydrogen-bond acceptors (Lipinski definition) is 3. The summed E-state index contributed by atoms with van der Waals surface area (Å²) in [5.41, 5.74) is 0.916. The van der Waals surface area contributed by atoms with Crippen LogP contribution in [-0.2, 0) is 14.3 Å². The Labute approximate surface area is 120 Å². The first-order valence-corrected chi connectivity index (χ1v) is 6.77. The number of hydrogen-bond donors (Lipinski definition) is 1. The fourth-order valence-corrected chi connectivity index (χ4v) is 1.52. The van der Waals surface area contributed by atoms with Crippen molar-refractivity contribution in [2.45, 2.75) is 26.7 Å². The SMILES string of the molecule is C=C(/C=C1/OCOC1=C)CC/C=C/C(=O)NCC(C)C. The molecule has 0 atom stereocenters. The summed E-state index contributed by atoms with van der Waals surface area (Å²) >= 11 is 0. The van der Waals surface area contributed by atoms with E-state index in [4.69, 9.17) is 9.47 Å². The molecule has 1 fully saturated rings. The second-order valence-corrected chi connectivity index (χ2v) is 5.08. The summed E-state index contributed by atoms with van der Waals surface area (Å²) in [6.45, 7) is 12.7. The summed E-state index contributed by atoms with van der Waals surface area (Å²) in [4.78, 5) is 11.4. The zero-order valence-electron chi connectivity index (χ0n) is 12.3. The molecule has 0 saturated carbocycles. The molecule has 1 rings (SSSR count). The van der Waals surface area contributed by atoms with Crippen LogP contribution in [0.3, 0.4) is 0 Å². The van der Waals surface area contributed by atoms with Crippen molar-refractivity contribution in [3.05, 3.63) is 48.5 Å². The molecule has 1 aliphatic rings. The van der Waals surface area contributed by atoms with Crippen LogP contribution in [0.2, 0.25) is 0 Å². The van der Waals surface area contributed by atoms with E-state index in [9.17, 15) is 4.79 Å². The highest BCUT2D eigenvalue weighted by Crippen LogP contribution is 2.21. The Morgan fingerprint density at radius 3 is 2.80 bits per heavy atom. The lowest BCUT2D eigenvalue weighted by Gasteiger charge is -2.04. The van der Waals surface area contributed by atoms with E-state index < -0.39 is 0 Å². The predicted octanol–water partition coefficient (Wildman–Crippen LogP) is 3.05. The van der Waals surface area contributed by atoms with Gasteiger partial charge >= 0.3 is 0 Å². The van der Waals surface area contributed by atoms with Crippen LogP contribution in [0, 0.1) is 5.92 Å². The highest BCUT2D eigenvalue weighted by atomic mass is 16.7. The summed E-state index contributed by atoms with van der Waals surface area (Å²) < 4.78 is 10.3. The molecule has 0 aromatic carbocycles. The Kier molecular flexibility index (Phi) is 6.64. The molecule has 4 nitrogen and oxygen atoms in total. The van der Waals surface area contributed by atoms with Gasteiger partial charge in [-0.15, -0.1) is 0 Å². The quantitative estimate of drug-likeness (QED) is 0.728. The van der Waals surface area contributed by atoms with Gasteiger partial charge in [0, 0.05) is 6.54 Å². The molecule has 1 aliphatic heterocycles. The minimum absolute atomic E-state index is 0.0522. The third-order valence-electron chi connectivity index (χ3n) is 2.64. The Morgan fingerprint density at radius 2 is 2.20 bits per heavy atom. The van der Waals surface area contributed by atoms with Crippen molar-refractivity contribution in [2.75, 3.05) is 13.3 Å². The fourth-order valence-electron chi connectivity index (χ4n) is 1.52. The van der Waals surface area contributed by atoms with Crippen LogP contribution in [0.1, 0.15) is 26.7 Å². The van der Waals surface area contributed by atoms with Crippen molar-refractivity contribution in [2.24, 2.45) is 5.92 Å². The molecule has 0 unspecified atom stereocenters. The third-order valence-corrected chi connectivity index (χ3v) is 2.64. The van der Waals surface area contributed by atoms with Gasteiger partial charge in [-0.25, -0.2) is 0 Å². The Bertz CT molecular complexity index is 433. The summed E-state index contributed by atoms with van der Waals surface area (Å²) in [5, 5.41) is 2.83. The van der Waals surface area contributed by atoms with Crippen LogP contribution in [0.5, 0.6) is 0 Å². The zero-order valence-corrected chi connectivity index (χ0v) is 12.3. The number of ether oxygens (including phenoxy) is 2. The average Bonchev–Trinajstić information content (AvgIpc) is 2.78. The minimum Gasteiger partial charge on any atom is -0.454 e. The third kappa shape index (κ3) is 6.27. The summed E-state index contributed by atoms with van der Waals surface area (Å²) in [6, 6.07) is 0. The second kappa shape index (κ2) is 8.25. The molecule has 0 aromatic heterocycles. The molecule has 1 N–H and O–H groups in total. The molecule has 0 aliphatic carbocycles. The number of rotatable bonds is 7. The van der Waals surface area contributed by atoms with Crippen molar-refractivity contribution in [3.8, 4) is 0 Å². The summed E-state index contributed by atoms with van der Waals surface area (Å²) in [5.74, 6) is 1.58. The van der Waals surface area contributed by atoms with Gasteiger partial charge in [-0.2, -0.15) is 0 Å². The van der Waals surface area contributed by atoms with Gasteiger partial charge in [-0.05, 0) is 30.9 Å². The molecule has 20 heavy (non-hydrogen) atoms. The van der Waals surface area contributed by atoms with E-state index in [2.05, 4.69) is 32.3 Å². The molecular weight excluding hydrogens is 254 g/mol. The van der Waals surface area contributed by atoms with E-state index in [0.29, 0.717) is 24.0 Å². The first-order chi connectivity index (χ1) is 9.49. The smallest absolute Gasteiger partial charge is 0.243 e. The van der Waals surface area contributed by atoms with Gasteiger partial charge < -0.3 is 14.8 Å². The number of allylic oxidation sites excluding steroid dienone is 3. The van der Waals surface area contributed by atoms with Gasteiger partial charge in [-0.1, -0.05) is 38.7 Å². The lowest BCUT2D eigenvalue weighted by Crippen LogP contribution is -2.25. The van der Waals surface area contributed by atoms with Gasteiger partial charge in [0.1, 0.15) is 0 Å². The lowest BCUT2D eigenvalue weighted by atomic mass is 10.1. The van der Waals surface area contributed by atoms with E-state index >= 15 is 0 Å². The maximum Gasteiger partial charge on any atom is 0.243 e. The van der Waals surface area contributed by atoms with Gasteiger partial charge in [0.25, 0.3) is 0 Å². The molecule has 1 saturated heterocycles. The molecule has 0 aromatic rings. The molecule has 0 spiro atoms. The van der Waals surface area contributed by atoms with Crippen molar-refractivity contribution >= 4 is 5.91 Å². The van der Waals surface area contributed by atoms with E-state index in [0.717, 1.165) is 18.4 Å². The van der Waals surface area contributed by atoms with Crippen LogP contribution >= 0.6 is 0 Å². The fraction of sp³-hybridized carbons (Fsp3) is 0.438. The Hall–Kier alpha value is -1.97. The molecule has 110 valence electrons. The molecule has 0 radical (unpaired) electrons. The van der Waals surface area contributed by atoms with Crippen LogP contribution in [0.25, 0.3) is 0 Å². The molecule has 1 heterocycles. The normalized spacial score (nSPS) is 16.6. The largest absolute Gasteiger partial charge is 0.454 e. The standard InChI is InChI=1S/C16H23NO3/c1-12(2)10-17-16(18)8-6-5-7-13(3)9-15-14(4)19-11-20-15/h6,8-9,12H,3-5,7,10-11H2,1-2H3,(H,17,18)/b8-6+,15-9+. The number of nitrogens with one attached hydrogen (secondary N) is 1. The Balaban J connectivity index is 2.25. The van der Waals surface area contributed by atoms with Crippen molar-refractivity contribution in [1.82, 2.24) is 5.32 Å². The minimum atomic E-state index is -0.0522. The molecule has 1 amide bonds. The maximum atomic E-state index is 11.4. The van der Waals surface area contributed by atoms with E-state index in [1.54, 1.807) is 6.08 Å². The monoisotopic (exact) mass is 277 g/mol. The van der Waals surface area contributed by atoms with Crippen molar-refractivity contribution in [1.29, 1.82) is 0 Å². The van der Waals surface area contributed by atoms with Crippen molar-refractivity contribution < 1.29 is 14.3 Å². The second-order valence-electron chi connectivity index (χ2n) is 5.08. The highest BCUT2D eigenvalue weighted by molar-refractivity contribution is 5.87. The summed E-state index contributed by atoms with van der Waals surface area (Å²) in [7, 11) is 0. The van der Waals surface area contributed by atoms with Crippen LogP contribution in [0.4, 0.5) is 0 Å². The van der Waals surface area contributed by atoms with E-state index in [-0.39, 0.29) is 12.7 Å². The molecule has 4 heteroatoms. The van der Waals surface area contributed by atoms with Gasteiger partial charge in [0.15, 0.2) is 11.5 Å². The first-order valence-electron chi connectivity index (χ1n) is 6.77. The average molecular weight is 277 g/mol. The van der Waals surface area contributed by atoms with Gasteiger partial charge in [0.05, 0.1) is 0 Å². The van der Waals surface area contributed by atoms with Gasteiger partial charge in [-0.3, -0.25) is 4.79 Å². The van der Waals surface area contributed by atoms with Crippen LogP contribution in [0.15, 0.2) is 48.5 Å². The zero-order chi connectivity index (χ0) is 15.0. The molecule has 0 bridgehead atoms. The predicted molar refractivity (Wildman–Crippen MR) is 79.6 cm³/mol.